The van der Waals surface area contributed by atoms with Crippen molar-refractivity contribution in [2.45, 2.75) is 19.3 Å². The molecule has 0 saturated carbocycles. The molecule has 2 aromatic carbocycles. The van der Waals surface area contributed by atoms with Crippen molar-refractivity contribution in [2.24, 2.45) is 0 Å². The average molecular weight is 375 g/mol. The van der Waals surface area contributed by atoms with Gasteiger partial charge in [-0.1, -0.05) is 40.2 Å². The first-order chi connectivity index (χ1) is 11.0. The molecule has 1 N–H and O–H groups in total. The van der Waals surface area contributed by atoms with Gasteiger partial charge in [0.25, 0.3) is 0 Å². The molecule has 0 bridgehead atoms. The fraction of sp³-hybridized carbons (Fsp3) is 0.316. The van der Waals surface area contributed by atoms with E-state index in [0.717, 1.165) is 22.9 Å². The summed E-state index contributed by atoms with van der Waals surface area (Å²) in [5.41, 5.74) is 3.54. The molecule has 122 valence electrons. The third-order valence-electron chi connectivity index (χ3n) is 3.70. The predicted octanol–water partition coefficient (Wildman–Crippen LogP) is 3.81. The summed E-state index contributed by atoms with van der Waals surface area (Å²) in [5, 5.41) is 2.99. The van der Waals surface area contributed by atoms with Crippen LogP contribution in [0.25, 0.3) is 0 Å². The monoisotopic (exact) mass is 374 g/mol. The van der Waals surface area contributed by atoms with Gasteiger partial charge in [-0.2, -0.15) is 0 Å². The van der Waals surface area contributed by atoms with E-state index in [1.54, 1.807) is 0 Å². The number of nitrogens with zero attached hydrogens (tertiary/aromatic N) is 1. The van der Waals surface area contributed by atoms with E-state index in [1.165, 1.54) is 11.3 Å². The van der Waals surface area contributed by atoms with Gasteiger partial charge in [0.05, 0.1) is 6.42 Å². The smallest absolute Gasteiger partial charge is 0.224 e. The van der Waals surface area contributed by atoms with E-state index in [-0.39, 0.29) is 5.91 Å². The van der Waals surface area contributed by atoms with E-state index in [0.29, 0.717) is 13.0 Å². The normalized spacial score (nSPS) is 10.4. The van der Waals surface area contributed by atoms with Crippen molar-refractivity contribution in [3.8, 4) is 0 Å². The Labute approximate surface area is 146 Å². The Hall–Kier alpha value is -1.81. The van der Waals surface area contributed by atoms with E-state index >= 15 is 0 Å². The third-order valence-corrected chi connectivity index (χ3v) is 4.22. The van der Waals surface area contributed by atoms with Crippen molar-refractivity contribution in [2.75, 3.05) is 25.5 Å². The number of carbonyl (C=O) groups excluding carboxylic acids is 1. The minimum absolute atomic E-state index is 0.0790. The van der Waals surface area contributed by atoms with E-state index in [4.69, 9.17) is 0 Å². The largest absolute Gasteiger partial charge is 0.378 e. The fourth-order valence-corrected chi connectivity index (χ4v) is 2.60. The predicted molar refractivity (Wildman–Crippen MR) is 99.9 cm³/mol. The number of benzene rings is 2. The highest BCUT2D eigenvalue weighted by atomic mass is 79.9. The zero-order valence-electron chi connectivity index (χ0n) is 13.7. The summed E-state index contributed by atoms with van der Waals surface area (Å²) >= 11 is 3.39. The van der Waals surface area contributed by atoms with Gasteiger partial charge in [0.15, 0.2) is 0 Å². The van der Waals surface area contributed by atoms with Gasteiger partial charge in [0.1, 0.15) is 0 Å². The lowest BCUT2D eigenvalue weighted by Crippen LogP contribution is -2.26. The molecule has 0 aromatic heterocycles. The van der Waals surface area contributed by atoms with Crippen LogP contribution in [0.1, 0.15) is 17.5 Å². The van der Waals surface area contributed by atoms with E-state index < -0.39 is 0 Å². The number of hydrogen-bond donors (Lipinski definition) is 1. The molecule has 2 rings (SSSR count). The Balaban J connectivity index is 1.68. The topological polar surface area (TPSA) is 32.3 Å². The fourth-order valence-electron chi connectivity index (χ4n) is 2.33. The van der Waals surface area contributed by atoms with Crippen LogP contribution in [0.3, 0.4) is 0 Å². The molecule has 0 saturated heterocycles. The number of rotatable bonds is 7. The van der Waals surface area contributed by atoms with Gasteiger partial charge >= 0.3 is 0 Å². The van der Waals surface area contributed by atoms with Crippen LogP contribution in [0.5, 0.6) is 0 Å². The molecule has 0 spiro atoms. The molecular weight excluding hydrogens is 352 g/mol. The number of anilines is 1. The Morgan fingerprint density at radius 2 is 1.61 bits per heavy atom. The zero-order valence-corrected chi connectivity index (χ0v) is 15.3. The lowest BCUT2D eigenvalue weighted by Gasteiger charge is -2.12. The molecule has 0 radical (unpaired) electrons. The first kappa shape index (κ1) is 17.5. The second-order valence-corrected chi connectivity index (χ2v) is 6.73. The molecule has 0 heterocycles. The zero-order chi connectivity index (χ0) is 16.7. The molecule has 0 fully saturated rings. The Morgan fingerprint density at radius 1 is 1.00 bits per heavy atom. The average Bonchev–Trinajstić information content (AvgIpc) is 2.54. The van der Waals surface area contributed by atoms with Crippen LogP contribution in [0.2, 0.25) is 0 Å². The summed E-state index contributed by atoms with van der Waals surface area (Å²) in [4.78, 5) is 14.0. The van der Waals surface area contributed by atoms with Crippen molar-refractivity contribution in [3.05, 3.63) is 64.1 Å². The maximum atomic E-state index is 11.9. The third kappa shape index (κ3) is 6.06. The Kier molecular flexibility index (Phi) is 6.66. The summed E-state index contributed by atoms with van der Waals surface area (Å²) in [5.74, 6) is 0.0790. The van der Waals surface area contributed by atoms with Gasteiger partial charge < -0.3 is 10.2 Å². The summed E-state index contributed by atoms with van der Waals surface area (Å²) in [7, 11) is 4.08. The van der Waals surface area contributed by atoms with E-state index in [1.807, 2.05) is 38.4 Å². The molecule has 0 unspecified atom stereocenters. The van der Waals surface area contributed by atoms with Crippen LogP contribution in [0.4, 0.5) is 5.69 Å². The highest BCUT2D eigenvalue weighted by molar-refractivity contribution is 9.10. The summed E-state index contributed by atoms with van der Waals surface area (Å²) in [6.07, 6.45) is 2.37. The van der Waals surface area contributed by atoms with Crippen LogP contribution in [-0.4, -0.2) is 26.5 Å². The van der Waals surface area contributed by atoms with Crippen LogP contribution in [0.15, 0.2) is 53.0 Å². The van der Waals surface area contributed by atoms with Crippen LogP contribution in [0, 0.1) is 0 Å². The SMILES string of the molecule is CN(C)c1ccc(CCCNC(=O)Cc2ccc(Br)cc2)cc1. The molecule has 0 aliphatic heterocycles. The van der Waals surface area contributed by atoms with Gasteiger partial charge in [-0.25, -0.2) is 0 Å². The van der Waals surface area contributed by atoms with E-state index in [9.17, 15) is 4.79 Å². The summed E-state index contributed by atoms with van der Waals surface area (Å²) in [6, 6.07) is 16.4. The maximum Gasteiger partial charge on any atom is 0.224 e. The molecule has 23 heavy (non-hydrogen) atoms. The molecule has 0 aliphatic rings. The molecule has 2 aromatic rings. The molecule has 3 nitrogen and oxygen atoms in total. The van der Waals surface area contributed by atoms with Gasteiger partial charge in [0.2, 0.25) is 5.91 Å². The van der Waals surface area contributed by atoms with Crippen LogP contribution in [-0.2, 0) is 17.6 Å². The van der Waals surface area contributed by atoms with E-state index in [2.05, 4.69) is 50.4 Å². The number of amides is 1. The highest BCUT2D eigenvalue weighted by Crippen LogP contribution is 2.13. The van der Waals surface area contributed by atoms with Crippen LogP contribution >= 0.6 is 15.9 Å². The highest BCUT2D eigenvalue weighted by Gasteiger charge is 2.03. The number of carbonyl (C=O) groups is 1. The van der Waals surface area contributed by atoms with Gasteiger partial charge in [-0.15, -0.1) is 0 Å². The Bertz CT molecular complexity index is 621. The summed E-state index contributed by atoms with van der Waals surface area (Å²) < 4.78 is 1.03. The molecular formula is C19H23BrN2O. The first-order valence-electron chi connectivity index (χ1n) is 7.82. The second kappa shape index (κ2) is 8.73. The van der Waals surface area contributed by atoms with Crippen molar-refractivity contribution < 1.29 is 4.79 Å². The second-order valence-electron chi connectivity index (χ2n) is 5.82. The first-order valence-corrected chi connectivity index (χ1v) is 8.61. The minimum atomic E-state index is 0.0790. The lowest BCUT2D eigenvalue weighted by molar-refractivity contribution is -0.120. The van der Waals surface area contributed by atoms with Crippen molar-refractivity contribution >= 4 is 27.5 Å². The van der Waals surface area contributed by atoms with Crippen LogP contribution < -0.4 is 10.2 Å². The lowest BCUT2D eigenvalue weighted by atomic mass is 10.1. The quantitative estimate of drug-likeness (QED) is 0.747. The number of aryl methyl sites for hydroxylation is 1. The molecule has 4 heteroatoms. The van der Waals surface area contributed by atoms with Crippen molar-refractivity contribution in [3.63, 3.8) is 0 Å². The van der Waals surface area contributed by atoms with Gasteiger partial charge in [0, 0.05) is 30.8 Å². The van der Waals surface area contributed by atoms with Crippen molar-refractivity contribution in [1.82, 2.24) is 5.32 Å². The molecule has 1 amide bonds. The van der Waals surface area contributed by atoms with Gasteiger partial charge in [-0.3, -0.25) is 4.79 Å². The molecule has 0 aliphatic carbocycles. The number of hydrogen-bond acceptors (Lipinski definition) is 2. The van der Waals surface area contributed by atoms with Crippen molar-refractivity contribution in [1.29, 1.82) is 0 Å². The van der Waals surface area contributed by atoms with Gasteiger partial charge in [-0.05, 0) is 48.2 Å². The minimum Gasteiger partial charge on any atom is -0.378 e. The summed E-state index contributed by atoms with van der Waals surface area (Å²) in [6.45, 7) is 0.713. The number of halogens is 1. The Morgan fingerprint density at radius 3 is 2.22 bits per heavy atom. The standard InChI is InChI=1S/C19H23BrN2O/c1-22(2)18-11-7-15(8-12-18)4-3-13-21-19(23)14-16-5-9-17(20)10-6-16/h5-12H,3-4,13-14H2,1-2H3,(H,21,23). The maximum absolute atomic E-state index is 11.9. The number of nitrogens with one attached hydrogen (secondary N) is 1. The molecule has 0 atom stereocenters.